The summed E-state index contributed by atoms with van der Waals surface area (Å²) < 4.78 is 0. The highest BCUT2D eigenvalue weighted by atomic mass is 32.1. The highest BCUT2D eigenvalue weighted by molar-refractivity contribution is 7.09. The number of amides is 1. The molecule has 0 atom stereocenters. The number of likely N-dealkylation sites (N-methyl/N-ethyl adjacent to an activating group) is 1. The van der Waals surface area contributed by atoms with E-state index >= 15 is 0 Å². The fraction of sp³-hybridized carbons (Fsp3) is 0.375. The molecule has 0 aliphatic heterocycles. The van der Waals surface area contributed by atoms with Crippen molar-refractivity contribution in [1.82, 2.24) is 9.88 Å². The van der Waals surface area contributed by atoms with Crippen LogP contribution in [0.15, 0.2) is 5.51 Å². The fourth-order valence-electron chi connectivity index (χ4n) is 0.928. The number of carbonyl (C=O) groups is 2. The van der Waals surface area contributed by atoms with E-state index in [4.69, 9.17) is 5.11 Å². The minimum Gasteiger partial charge on any atom is -0.474 e. The molecule has 1 heterocycles. The summed E-state index contributed by atoms with van der Waals surface area (Å²) in [7, 11) is 1.45. The first-order chi connectivity index (χ1) is 6.52. The number of carboxylic acid groups (broad SMARTS) is 1. The number of rotatable bonds is 2. The number of carbonyl (C=O) groups excluding carboxylic acids is 1. The maximum Gasteiger partial charge on any atom is 0.394 e. The summed E-state index contributed by atoms with van der Waals surface area (Å²) in [6.45, 7) is 2.12. The summed E-state index contributed by atoms with van der Waals surface area (Å²) in [6, 6.07) is 0. The molecule has 5 nitrogen and oxygen atoms in total. The molecular weight excluding hydrogens is 204 g/mol. The summed E-state index contributed by atoms with van der Waals surface area (Å²) in [5.74, 6) is -2.34. The van der Waals surface area contributed by atoms with Gasteiger partial charge in [0, 0.05) is 11.9 Å². The standard InChI is InChI=1S/C8H10N2O3S/c1-5-6(14-4-9-5)3-10(2)7(11)8(12)13/h4H,3H2,1-2H3,(H,12,13). The van der Waals surface area contributed by atoms with Crippen LogP contribution in [-0.2, 0) is 16.1 Å². The molecule has 6 heteroatoms. The van der Waals surface area contributed by atoms with Gasteiger partial charge in [0.2, 0.25) is 0 Å². The zero-order valence-electron chi connectivity index (χ0n) is 7.85. The van der Waals surface area contributed by atoms with Crippen molar-refractivity contribution in [3.63, 3.8) is 0 Å². The van der Waals surface area contributed by atoms with Crippen molar-refractivity contribution in [2.24, 2.45) is 0 Å². The van der Waals surface area contributed by atoms with Gasteiger partial charge in [0.1, 0.15) is 0 Å². The number of hydrogen-bond donors (Lipinski definition) is 1. The molecule has 1 aromatic heterocycles. The molecule has 0 bridgehead atoms. The van der Waals surface area contributed by atoms with Crippen LogP contribution in [0.5, 0.6) is 0 Å². The third kappa shape index (κ3) is 2.29. The Hall–Kier alpha value is -1.43. The Kier molecular flexibility index (Phi) is 3.19. The van der Waals surface area contributed by atoms with Crippen LogP contribution >= 0.6 is 11.3 Å². The first kappa shape index (κ1) is 10.6. The number of thiazole rings is 1. The van der Waals surface area contributed by atoms with E-state index < -0.39 is 11.9 Å². The number of aliphatic carboxylic acids is 1. The van der Waals surface area contributed by atoms with Crippen LogP contribution in [0.4, 0.5) is 0 Å². The molecule has 1 N–H and O–H groups in total. The molecule has 0 radical (unpaired) electrons. The van der Waals surface area contributed by atoms with E-state index in [1.165, 1.54) is 18.4 Å². The minimum atomic E-state index is -1.44. The van der Waals surface area contributed by atoms with E-state index in [0.29, 0.717) is 6.54 Å². The maximum atomic E-state index is 11.0. The predicted octanol–water partition coefficient (Wildman–Crippen LogP) is 0.495. The molecule has 1 rings (SSSR count). The van der Waals surface area contributed by atoms with Crippen molar-refractivity contribution in [2.75, 3.05) is 7.05 Å². The molecule has 1 amide bonds. The average Bonchev–Trinajstić information content (AvgIpc) is 2.50. The van der Waals surface area contributed by atoms with Crippen LogP contribution in [-0.4, -0.2) is 33.9 Å². The normalized spacial score (nSPS) is 9.86. The predicted molar refractivity (Wildman–Crippen MR) is 51.0 cm³/mol. The Balaban J connectivity index is 2.66. The van der Waals surface area contributed by atoms with Gasteiger partial charge < -0.3 is 10.0 Å². The van der Waals surface area contributed by atoms with Crippen molar-refractivity contribution in [3.8, 4) is 0 Å². The Morgan fingerprint density at radius 2 is 2.29 bits per heavy atom. The second-order valence-electron chi connectivity index (χ2n) is 2.83. The minimum absolute atomic E-state index is 0.293. The van der Waals surface area contributed by atoms with E-state index in [-0.39, 0.29) is 0 Å². The van der Waals surface area contributed by atoms with E-state index in [9.17, 15) is 9.59 Å². The third-order valence-electron chi connectivity index (χ3n) is 1.76. The quantitative estimate of drug-likeness (QED) is 0.727. The van der Waals surface area contributed by atoms with E-state index in [1.807, 2.05) is 6.92 Å². The third-order valence-corrected chi connectivity index (χ3v) is 2.68. The van der Waals surface area contributed by atoms with Crippen LogP contribution in [0.3, 0.4) is 0 Å². The molecule has 14 heavy (non-hydrogen) atoms. The number of aryl methyl sites for hydroxylation is 1. The van der Waals surface area contributed by atoms with Crippen LogP contribution in [0.1, 0.15) is 10.6 Å². The molecule has 0 saturated heterocycles. The summed E-state index contributed by atoms with van der Waals surface area (Å²) in [4.78, 5) is 27.4. The van der Waals surface area contributed by atoms with Gasteiger partial charge in [-0.3, -0.25) is 4.79 Å². The number of nitrogens with zero attached hydrogens (tertiary/aromatic N) is 2. The molecule has 1 aromatic rings. The average molecular weight is 214 g/mol. The van der Waals surface area contributed by atoms with Gasteiger partial charge in [-0.2, -0.15) is 0 Å². The van der Waals surface area contributed by atoms with Crippen molar-refractivity contribution in [3.05, 3.63) is 16.1 Å². The van der Waals surface area contributed by atoms with E-state index in [1.54, 1.807) is 5.51 Å². The topological polar surface area (TPSA) is 70.5 Å². The van der Waals surface area contributed by atoms with Gasteiger partial charge in [-0.05, 0) is 6.92 Å². The summed E-state index contributed by atoms with van der Waals surface area (Å²) in [5, 5.41) is 8.45. The monoisotopic (exact) mass is 214 g/mol. The van der Waals surface area contributed by atoms with Gasteiger partial charge in [0.05, 0.1) is 17.7 Å². The molecule has 0 aliphatic rings. The van der Waals surface area contributed by atoms with Gasteiger partial charge in [-0.25, -0.2) is 9.78 Å². The Bertz CT molecular complexity index is 361. The second-order valence-corrected chi connectivity index (χ2v) is 3.77. The number of carboxylic acids is 1. The Morgan fingerprint density at radius 1 is 1.64 bits per heavy atom. The van der Waals surface area contributed by atoms with Crippen molar-refractivity contribution >= 4 is 23.2 Å². The Morgan fingerprint density at radius 3 is 2.71 bits per heavy atom. The van der Waals surface area contributed by atoms with Gasteiger partial charge in [0.25, 0.3) is 0 Å². The summed E-state index contributed by atoms with van der Waals surface area (Å²) in [6.07, 6.45) is 0. The second kappa shape index (κ2) is 4.19. The summed E-state index contributed by atoms with van der Waals surface area (Å²) in [5.41, 5.74) is 2.50. The van der Waals surface area contributed by atoms with Crippen molar-refractivity contribution in [1.29, 1.82) is 0 Å². The maximum absolute atomic E-state index is 11.0. The highest BCUT2D eigenvalue weighted by Gasteiger charge is 2.18. The van der Waals surface area contributed by atoms with Crippen LogP contribution in [0.2, 0.25) is 0 Å². The van der Waals surface area contributed by atoms with E-state index in [0.717, 1.165) is 15.5 Å². The zero-order valence-corrected chi connectivity index (χ0v) is 8.67. The van der Waals surface area contributed by atoms with Crippen LogP contribution < -0.4 is 0 Å². The lowest BCUT2D eigenvalue weighted by molar-refractivity contribution is -0.155. The highest BCUT2D eigenvalue weighted by Crippen LogP contribution is 2.13. The molecular formula is C8H10N2O3S. The summed E-state index contributed by atoms with van der Waals surface area (Å²) >= 11 is 1.41. The lowest BCUT2D eigenvalue weighted by atomic mass is 10.3. The van der Waals surface area contributed by atoms with Crippen LogP contribution in [0, 0.1) is 6.92 Å². The van der Waals surface area contributed by atoms with E-state index in [2.05, 4.69) is 4.98 Å². The molecule has 0 unspecified atom stereocenters. The van der Waals surface area contributed by atoms with Gasteiger partial charge in [0.15, 0.2) is 0 Å². The van der Waals surface area contributed by atoms with Gasteiger partial charge in [-0.1, -0.05) is 0 Å². The fourth-order valence-corrected chi connectivity index (χ4v) is 1.76. The van der Waals surface area contributed by atoms with Gasteiger partial charge >= 0.3 is 11.9 Å². The number of hydrogen-bond acceptors (Lipinski definition) is 4. The Labute approximate surface area is 85.0 Å². The molecule has 0 fully saturated rings. The number of aromatic nitrogens is 1. The molecule has 0 spiro atoms. The lowest BCUT2D eigenvalue weighted by Gasteiger charge is -2.13. The molecule has 0 aliphatic carbocycles. The molecule has 0 aromatic carbocycles. The molecule has 0 saturated carbocycles. The largest absolute Gasteiger partial charge is 0.474 e. The smallest absolute Gasteiger partial charge is 0.394 e. The first-order valence-electron chi connectivity index (χ1n) is 3.89. The van der Waals surface area contributed by atoms with Crippen molar-refractivity contribution in [2.45, 2.75) is 13.5 Å². The van der Waals surface area contributed by atoms with Gasteiger partial charge in [-0.15, -0.1) is 11.3 Å². The van der Waals surface area contributed by atoms with Crippen LogP contribution in [0.25, 0.3) is 0 Å². The lowest BCUT2D eigenvalue weighted by Crippen LogP contribution is -2.32. The first-order valence-corrected chi connectivity index (χ1v) is 4.77. The van der Waals surface area contributed by atoms with Crippen molar-refractivity contribution < 1.29 is 14.7 Å². The SMILES string of the molecule is Cc1ncsc1CN(C)C(=O)C(=O)O. The zero-order chi connectivity index (χ0) is 10.7. The molecule has 76 valence electrons.